The van der Waals surface area contributed by atoms with Gasteiger partial charge in [0.15, 0.2) is 17.5 Å². The summed E-state index contributed by atoms with van der Waals surface area (Å²) in [5.41, 5.74) is 7.75. The van der Waals surface area contributed by atoms with Crippen molar-refractivity contribution >= 4 is 11.6 Å². The summed E-state index contributed by atoms with van der Waals surface area (Å²) in [5, 5.41) is 3.04. The molecule has 2 aromatic rings. The number of anilines is 1. The third-order valence-electron chi connectivity index (χ3n) is 3.32. The maximum atomic E-state index is 5.92. The van der Waals surface area contributed by atoms with Crippen molar-refractivity contribution in [1.82, 2.24) is 0 Å². The van der Waals surface area contributed by atoms with Crippen LogP contribution in [0.1, 0.15) is 12.5 Å². The molecule has 0 aromatic heterocycles. The zero-order chi connectivity index (χ0) is 17.4. The van der Waals surface area contributed by atoms with Crippen LogP contribution in [0.3, 0.4) is 0 Å². The van der Waals surface area contributed by atoms with Gasteiger partial charge in [0, 0.05) is 5.69 Å². The van der Waals surface area contributed by atoms with E-state index in [1.54, 1.807) is 14.2 Å². The quantitative estimate of drug-likeness (QED) is 0.603. The first-order chi connectivity index (χ1) is 11.7. The molecule has 0 aliphatic rings. The Balaban J connectivity index is 2.00. The highest BCUT2D eigenvalue weighted by Gasteiger charge is 2.05. The Kier molecular flexibility index (Phi) is 6.31. The Morgan fingerprint density at radius 2 is 1.79 bits per heavy atom. The number of rotatable bonds is 7. The fourth-order valence-electron chi connectivity index (χ4n) is 2.12. The van der Waals surface area contributed by atoms with Gasteiger partial charge in [-0.15, -0.1) is 0 Å². The maximum absolute atomic E-state index is 5.92. The third kappa shape index (κ3) is 4.81. The van der Waals surface area contributed by atoms with Crippen molar-refractivity contribution in [2.24, 2.45) is 10.7 Å². The number of ether oxygens (including phenoxy) is 3. The summed E-state index contributed by atoms with van der Waals surface area (Å²) in [4.78, 5) is 4.34. The van der Waals surface area contributed by atoms with Gasteiger partial charge in [0.2, 0.25) is 0 Å². The molecule has 2 aromatic carbocycles. The minimum atomic E-state index is 0.341. The van der Waals surface area contributed by atoms with E-state index in [0.29, 0.717) is 24.9 Å². The molecule has 0 radical (unpaired) electrons. The van der Waals surface area contributed by atoms with Gasteiger partial charge in [-0.2, -0.15) is 0 Å². The average molecular weight is 329 g/mol. The van der Waals surface area contributed by atoms with E-state index in [4.69, 9.17) is 19.9 Å². The molecule has 0 aliphatic heterocycles. The number of aliphatic imine (C=N–C) groups is 1. The van der Waals surface area contributed by atoms with Crippen LogP contribution < -0.4 is 25.3 Å². The Hall–Kier alpha value is -2.89. The summed E-state index contributed by atoms with van der Waals surface area (Å²) in [7, 11) is 3.24. The van der Waals surface area contributed by atoms with Crippen LogP contribution in [0.4, 0.5) is 5.69 Å². The van der Waals surface area contributed by atoms with Crippen LogP contribution >= 0.6 is 0 Å². The van der Waals surface area contributed by atoms with E-state index in [9.17, 15) is 0 Å². The van der Waals surface area contributed by atoms with Crippen LogP contribution in [-0.2, 0) is 6.54 Å². The molecule has 6 nitrogen and oxygen atoms in total. The van der Waals surface area contributed by atoms with Crippen molar-refractivity contribution < 1.29 is 14.2 Å². The lowest BCUT2D eigenvalue weighted by atomic mass is 10.2. The van der Waals surface area contributed by atoms with E-state index in [0.717, 1.165) is 22.7 Å². The molecule has 0 fully saturated rings. The van der Waals surface area contributed by atoms with Gasteiger partial charge in [-0.3, -0.25) is 0 Å². The van der Waals surface area contributed by atoms with Crippen molar-refractivity contribution in [3.63, 3.8) is 0 Å². The van der Waals surface area contributed by atoms with Crippen molar-refractivity contribution in [2.75, 3.05) is 26.1 Å². The SMILES string of the molecule is CCOc1ccc(CN=C(N)Nc2ccc(OC)cc2)cc1OC. The molecule has 2 rings (SSSR count). The molecule has 0 atom stereocenters. The summed E-state index contributed by atoms with van der Waals surface area (Å²) in [6.45, 7) is 2.97. The van der Waals surface area contributed by atoms with Crippen LogP contribution in [0.15, 0.2) is 47.5 Å². The van der Waals surface area contributed by atoms with E-state index in [2.05, 4.69) is 10.3 Å². The molecule has 0 spiro atoms. The lowest BCUT2D eigenvalue weighted by molar-refractivity contribution is 0.310. The van der Waals surface area contributed by atoms with Gasteiger partial charge in [0.25, 0.3) is 0 Å². The minimum Gasteiger partial charge on any atom is -0.497 e. The molecule has 0 saturated carbocycles. The van der Waals surface area contributed by atoms with E-state index < -0.39 is 0 Å². The van der Waals surface area contributed by atoms with Crippen molar-refractivity contribution in [3.05, 3.63) is 48.0 Å². The summed E-state index contributed by atoms with van der Waals surface area (Å²) in [5.74, 6) is 2.54. The van der Waals surface area contributed by atoms with Crippen molar-refractivity contribution in [3.8, 4) is 17.2 Å². The van der Waals surface area contributed by atoms with Crippen LogP contribution in [-0.4, -0.2) is 26.8 Å². The standard InChI is InChI=1S/C18H23N3O3/c1-4-24-16-10-5-13(11-17(16)23-3)12-20-18(19)21-14-6-8-15(22-2)9-7-14/h5-11H,4,12H2,1-3H3,(H3,19,20,21). The zero-order valence-electron chi connectivity index (χ0n) is 14.2. The fourth-order valence-corrected chi connectivity index (χ4v) is 2.12. The monoisotopic (exact) mass is 329 g/mol. The highest BCUT2D eigenvalue weighted by molar-refractivity contribution is 5.92. The van der Waals surface area contributed by atoms with Crippen molar-refractivity contribution in [1.29, 1.82) is 0 Å². The molecule has 0 aliphatic carbocycles. The molecule has 24 heavy (non-hydrogen) atoms. The molecular formula is C18H23N3O3. The molecule has 0 bridgehead atoms. The van der Waals surface area contributed by atoms with Crippen molar-refractivity contribution in [2.45, 2.75) is 13.5 Å². The summed E-state index contributed by atoms with van der Waals surface area (Å²) < 4.78 is 15.9. The Morgan fingerprint density at radius 1 is 1.04 bits per heavy atom. The predicted molar refractivity (Wildman–Crippen MR) is 96.1 cm³/mol. The Labute approximate surface area is 142 Å². The van der Waals surface area contributed by atoms with Gasteiger partial charge in [-0.05, 0) is 48.9 Å². The maximum Gasteiger partial charge on any atom is 0.193 e. The molecule has 128 valence electrons. The fraction of sp³-hybridized carbons (Fsp3) is 0.278. The molecule has 3 N–H and O–H groups in total. The first kappa shape index (κ1) is 17.5. The highest BCUT2D eigenvalue weighted by Crippen LogP contribution is 2.28. The third-order valence-corrected chi connectivity index (χ3v) is 3.32. The smallest absolute Gasteiger partial charge is 0.193 e. The first-order valence-corrected chi connectivity index (χ1v) is 7.67. The molecule has 0 unspecified atom stereocenters. The minimum absolute atomic E-state index is 0.341. The molecule has 0 heterocycles. The van der Waals surface area contributed by atoms with Gasteiger partial charge in [-0.1, -0.05) is 6.07 Å². The number of benzene rings is 2. The van der Waals surface area contributed by atoms with E-state index in [1.165, 1.54) is 0 Å². The second kappa shape index (κ2) is 8.67. The van der Waals surface area contributed by atoms with E-state index >= 15 is 0 Å². The van der Waals surface area contributed by atoms with Crippen LogP contribution in [0, 0.1) is 0 Å². The lowest BCUT2D eigenvalue weighted by Crippen LogP contribution is -2.22. The second-order valence-corrected chi connectivity index (χ2v) is 4.97. The molecule has 0 amide bonds. The Morgan fingerprint density at radius 3 is 2.42 bits per heavy atom. The normalized spacial score (nSPS) is 11.0. The van der Waals surface area contributed by atoms with Gasteiger partial charge in [0.05, 0.1) is 27.4 Å². The van der Waals surface area contributed by atoms with Gasteiger partial charge in [0.1, 0.15) is 5.75 Å². The largest absolute Gasteiger partial charge is 0.497 e. The Bertz CT molecular complexity index is 684. The summed E-state index contributed by atoms with van der Waals surface area (Å²) in [6.07, 6.45) is 0. The molecule has 6 heteroatoms. The average Bonchev–Trinajstić information content (AvgIpc) is 2.61. The van der Waals surface area contributed by atoms with Crippen LogP contribution in [0.2, 0.25) is 0 Å². The van der Waals surface area contributed by atoms with E-state index in [1.807, 2.05) is 49.4 Å². The number of nitrogens with zero attached hydrogens (tertiary/aromatic N) is 1. The topological polar surface area (TPSA) is 78.1 Å². The molecular weight excluding hydrogens is 306 g/mol. The predicted octanol–water partition coefficient (Wildman–Crippen LogP) is 3.03. The zero-order valence-corrected chi connectivity index (χ0v) is 14.2. The highest BCUT2D eigenvalue weighted by atomic mass is 16.5. The number of methoxy groups -OCH3 is 2. The van der Waals surface area contributed by atoms with Gasteiger partial charge in [-0.25, -0.2) is 4.99 Å². The number of nitrogens with two attached hydrogens (primary N) is 1. The number of hydrogen-bond acceptors (Lipinski definition) is 4. The number of guanidine groups is 1. The van der Waals surface area contributed by atoms with Crippen LogP contribution in [0.5, 0.6) is 17.2 Å². The van der Waals surface area contributed by atoms with Gasteiger partial charge >= 0.3 is 0 Å². The van der Waals surface area contributed by atoms with Crippen LogP contribution in [0.25, 0.3) is 0 Å². The summed E-state index contributed by atoms with van der Waals surface area (Å²) >= 11 is 0. The first-order valence-electron chi connectivity index (χ1n) is 7.67. The second-order valence-electron chi connectivity index (χ2n) is 4.97. The van der Waals surface area contributed by atoms with Gasteiger partial charge < -0.3 is 25.3 Å². The lowest BCUT2D eigenvalue weighted by Gasteiger charge is -2.10. The van der Waals surface area contributed by atoms with E-state index in [-0.39, 0.29) is 0 Å². The summed E-state index contributed by atoms with van der Waals surface area (Å²) in [6, 6.07) is 13.2. The number of nitrogens with one attached hydrogen (secondary N) is 1. The molecule has 0 saturated heterocycles. The number of hydrogen-bond donors (Lipinski definition) is 2.